The van der Waals surface area contributed by atoms with Gasteiger partial charge in [0, 0.05) is 29.1 Å². The van der Waals surface area contributed by atoms with Crippen LogP contribution in [0.2, 0.25) is 10.0 Å². The molecule has 3 aromatic rings. The summed E-state index contributed by atoms with van der Waals surface area (Å²) in [7, 11) is 0. The number of carbonyl (C=O) groups excluding carboxylic acids is 1. The number of nitrogens with zero attached hydrogens (tertiary/aromatic N) is 2. The van der Waals surface area contributed by atoms with Gasteiger partial charge in [-0.3, -0.25) is 4.79 Å². The van der Waals surface area contributed by atoms with Crippen molar-refractivity contribution in [1.29, 1.82) is 0 Å². The average molecular weight is 388 g/mol. The second kappa shape index (κ2) is 7.29. The number of aromatic amines is 1. The molecule has 1 saturated heterocycles. The number of likely N-dealkylation sites (tertiary alicyclic amines) is 1. The van der Waals surface area contributed by atoms with Crippen LogP contribution in [0.4, 0.5) is 0 Å². The number of aromatic nitrogens is 2. The monoisotopic (exact) mass is 387 g/mol. The Balaban J connectivity index is 1.48. The summed E-state index contributed by atoms with van der Waals surface area (Å²) in [5, 5.41) is 1.12. The molecule has 1 fully saturated rings. The first kappa shape index (κ1) is 17.4. The number of benzene rings is 2. The van der Waals surface area contributed by atoms with E-state index in [1.165, 1.54) is 0 Å². The van der Waals surface area contributed by atoms with Crippen molar-refractivity contribution in [3.63, 3.8) is 0 Å². The predicted molar refractivity (Wildman–Crippen MR) is 105 cm³/mol. The van der Waals surface area contributed by atoms with E-state index in [2.05, 4.69) is 4.98 Å². The van der Waals surface area contributed by atoms with Gasteiger partial charge in [0.25, 0.3) is 0 Å². The van der Waals surface area contributed by atoms with E-state index in [9.17, 15) is 4.79 Å². The zero-order chi connectivity index (χ0) is 18.1. The standard InChI is InChI=1S/C20H19Cl2N3O/c21-15-8-7-13(16(22)11-15)10-19(26)25-9-3-4-14(12-25)20-23-17-5-1-2-6-18(17)24-20/h1-2,5-8,11,14H,3-4,9-10,12H2,(H,23,24). The van der Waals surface area contributed by atoms with Crippen molar-refractivity contribution in [3.8, 4) is 0 Å². The molecule has 0 aliphatic carbocycles. The molecule has 1 atom stereocenters. The second-order valence-electron chi connectivity index (χ2n) is 6.73. The van der Waals surface area contributed by atoms with Crippen molar-refractivity contribution >= 4 is 40.1 Å². The second-order valence-corrected chi connectivity index (χ2v) is 7.57. The number of hydrogen-bond acceptors (Lipinski definition) is 2. The smallest absolute Gasteiger partial charge is 0.227 e. The van der Waals surface area contributed by atoms with E-state index in [0.717, 1.165) is 41.8 Å². The number of fused-ring (bicyclic) bond motifs is 1. The molecule has 1 aliphatic rings. The Bertz CT molecular complexity index is 920. The Morgan fingerprint density at radius 3 is 2.88 bits per heavy atom. The number of rotatable bonds is 3. The van der Waals surface area contributed by atoms with Crippen LogP contribution in [0.5, 0.6) is 0 Å². The number of amides is 1. The maximum absolute atomic E-state index is 12.8. The van der Waals surface area contributed by atoms with Crippen LogP contribution in [0.1, 0.15) is 30.1 Å². The molecule has 1 aromatic heterocycles. The van der Waals surface area contributed by atoms with Gasteiger partial charge in [-0.2, -0.15) is 0 Å². The Labute approximate surface area is 162 Å². The minimum atomic E-state index is 0.0926. The lowest BCUT2D eigenvalue weighted by molar-refractivity contribution is -0.131. The molecule has 26 heavy (non-hydrogen) atoms. The molecule has 0 bridgehead atoms. The third-order valence-corrected chi connectivity index (χ3v) is 5.51. The molecule has 134 valence electrons. The van der Waals surface area contributed by atoms with Crippen LogP contribution in [0.3, 0.4) is 0 Å². The van der Waals surface area contributed by atoms with Crippen LogP contribution < -0.4 is 0 Å². The fourth-order valence-electron chi connectivity index (χ4n) is 3.53. The van der Waals surface area contributed by atoms with Crippen LogP contribution in [0.15, 0.2) is 42.5 Å². The van der Waals surface area contributed by atoms with Crippen molar-refractivity contribution in [2.24, 2.45) is 0 Å². The maximum Gasteiger partial charge on any atom is 0.227 e. The van der Waals surface area contributed by atoms with Crippen LogP contribution in [0, 0.1) is 0 Å². The fourth-order valence-corrected chi connectivity index (χ4v) is 4.01. The topological polar surface area (TPSA) is 49.0 Å². The largest absolute Gasteiger partial charge is 0.342 e. The fraction of sp³-hybridized carbons (Fsp3) is 0.300. The summed E-state index contributed by atoms with van der Waals surface area (Å²) in [4.78, 5) is 22.8. The number of nitrogens with one attached hydrogen (secondary N) is 1. The normalized spacial score (nSPS) is 17.6. The van der Waals surface area contributed by atoms with Crippen molar-refractivity contribution in [3.05, 3.63) is 63.9 Å². The summed E-state index contributed by atoms with van der Waals surface area (Å²) in [6, 6.07) is 13.3. The lowest BCUT2D eigenvalue weighted by atomic mass is 9.96. The molecule has 0 saturated carbocycles. The lowest BCUT2D eigenvalue weighted by Crippen LogP contribution is -2.40. The van der Waals surface area contributed by atoms with Crippen molar-refractivity contribution in [1.82, 2.24) is 14.9 Å². The molecule has 2 heterocycles. The lowest BCUT2D eigenvalue weighted by Gasteiger charge is -2.32. The van der Waals surface area contributed by atoms with Crippen LogP contribution >= 0.6 is 23.2 Å². The molecule has 2 aromatic carbocycles. The van der Waals surface area contributed by atoms with Crippen LogP contribution in [0.25, 0.3) is 11.0 Å². The van der Waals surface area contributed by atoms with Gasteiger partial charge < -0.3 is 9.88 Å². The number of piperidine rings is 1. The summed E-state index contributed by atoms with van der Waals surface area (Å²) >= 11 is 12.1. The molecule has 1 N–H and O–H groups in total. The van der Waals surface area contributed by atoms with Gasteiger partial charge >= 0.3 is 0 Å². The Morgan fingerprint density at radius 1 is 1.23 bits per heavy atom. The predicted octanol–water partition coefficient (Wildman–Crippen LogP) is 4.82. The van der Waals surface area contributed by atoms with Crippen LogP contribution in [-0.4, -0.2) is 33.9 Å². The van der Waals surface area contributed by atoms with Crippen LogP contribution in [-0.2, 0) is 11.2 Å². The van der Waals surface area contributed by atoms with Crippen molar-refractivity contribution in [2.45, 2.75) is 25.2 Å². The van der Waals surface area contributed by atoms with Gasteiger partial charge in [0.2, 0.25) is 5.91 Å². The number of imidazole rings is 1. The van der Waals surface area contributed by atoms with Crippen molar-refractivity contribution in [2.75, 3.05) is 13.1 Å². The van der Waals surface area contributed by atoms with E-state index >= 15 is 0 Å². The average Bonchev–Trinajstić information content (AvgIpc) is 3.08. The Kier molecular flexibility index (Phi) is 4.88. The number of hydrogen-bond donors (Lipinski definition) is 1. The molecule has 1 amide bonds. The highest BCUT2D eigenvalue weighted by atomic mass is 35.5. The zero-order valence-electron chi connectivity index (χ0n) is 14.2. The number of carbonyl (C=O) groups is 1. The summed E-state index contributed by atoms with van der Waals surface area (Å²) in [6.45, 7) is 1.46. The first-order chi connectivity index (χ1) is 12.6. The highest BCUT2D eigenvalue weighted by molar-refractivity contribution is 6.35. The van der Waals surface area contributed by atoms with Gasteiger partial charge in [-0.05, 0) is 42.7 Å². The highest BCUT2D eigenvalue weighted by Crippen LogP contribution is 2.28. The highest BCUT2D eigenvalue weighted by Gasteiger charge is 2.27. The van der Waals surface area contributed by atoms with Gasteiger partial charge in [0.05, 0.1) is 17.5 Å². The van der Waals surface area contributed by atoms with E-state index in [0.29, 0.717) is 23.0 Å². The van der Waals surface area contributed by atoms with Gasteiger partial charge in [0.15, 0.2) is 0 Å². The molecule has 0 radical (unpaired) electrons. The first-order valence-electron chi connectivity index (χ1n) is 8.76. The summed E-state index contributed by atoms with van der Waals surface area (Å²) < 4.78 is 0. The quantitative estimate of drug-likeness (QED) is 0.700. The molecule has 4 nitrogen and oxygen atoms in total. The van der Waals surface area contributed by atoms with E-state index in [-0.39, 0.29) is 11.8 Å². The van der Waals surface area contributed by atoms with Gasteiger partial charge in [0.1, 0.15) is 5.82 Å². The van der Waals surface area contributed by atoms with E-state index in [1.54, 1.807) is 12.1 Å². The van der Waals surface area contributed by atoms with E-state index in [1.807, 2.05) is 35.2 Å². The van der Waals surface area contributed by atoms with E-state index in [4.69, 9.17) is 28.2 Å². The number of H-pyrrole nitrogens is 1. The molecule has 0 spiro atoms. The molecular weight excluding hydrogens is 369 g/mol. The third kappa shape index (κ3) is 3.57. The molecule has 1 unspecified atom stereocenters. The Hall–Kier alpha value is -2.04. The number of halogens is 2. The third-order valence-electron chi connectivity index (χ3n) is 4.93. The molecule has 1 aliphatic heterocycles. The maximum atomic E-state index is 12.8. The van der Waals surface area contributed by atoms with Gasteiger partial charge in [-0.1, -0.05) is 41.4 Å². The first-order valence-corrected chi connectivity index (χ1v) is 9.52. The minimum Gasteiger partial charge on any atom is -0.342 e. The molecule has 6 heteroatoms. The minimum absolute atomic E-state index is 0.0926. The SMILES string of the molecule is O=C(Cc1ccc(Cl)cc1Cl)N1CCCC(c2nc3ccccc3[nH]2)C1. The molecule has 4 rings (SSSR count). The summed E-state index contributed by atoms with van der Waals surface area (Å²) in [5.74, 6) is 1.30. The summed E-state index contributed by atoms with van der Waals surface area (Å²) in [6.07, 6.45) is 2.30. The van der Waals surface area contributed by atoms with E-state index < -0.39 is 0 Å². The molecular formula is C20H19Cl2N3O. The Morgan fingerprint density at radius 2 is 2.08 bits per heavy atom. The van der Waals surface area contributed by atoms with Crippen molar-refractivity contribution < 1.29 is 4.79 Å². The van der Waals surface area contributed by atoms with Gasteiger partial charge in [-0.15, -0.1) is 0 Å². The number of para-hydroxylation sites is 2. The van der Waals surface area contributed by atoms with Gasteiger partial charge in [-0.25, -0.2) is 4.98 Å². The zero-order valence-corrected chi connectivity index (χ0v) is 15.7. The summed E-state index contributed by atoms with van der Waals surface area (Å²) in [5.41, 5.74) is 2.82.